The molecule has 26 heavy (non-hydrogen) atoms. The molecule has 1 atom stereocenters. The van der Waals surface area contributed by atoms with Crippen molar-refractivity contribution in [3.8, 4) is 5.75 Å². The summed E-state index contributed by atoms with van der Waals surface area (Å²) < 4.78 is 5.60. The first-order valence-corrected chi connectivity index (χ1v) is 9.22. The molecular weight excluding hydrogens is 348 g/mol. The minimum absolute atomic E-state index is 0.00626. The number of carbonyl (C=O) groups is 1. The van der Waals surface area contributed by atoms with Gasteiger partial charge in [-0.05, 0) is 55.2 Å². The van der Waals surface area contributed by atoms with Crippen molar-refractivity contribution in [2.75, 3.05) is 13.7 Å². The second-order valence-electron chi connectivity index (χ2n) is 6.77. The Morgan fingerprint density at radius 2 is 2.00 bits per heavy atom. The van der Waals surface area contributed by atoms with Gasteiger partial charge < -0.3 is 14.6 Å². The normalized spacial score (nSPS) is 16.3. The Hall–Kier alpha value is -2.46. The number of halogens is 1. The van der Waals surface area contributed by atoms with Crippen molar-refractivity contribution in [1.82, 2.24) is 9.88 Å². The fraction of sp³-hybridized carbons (Fsp3) is 0.286. The third kappa shape index (κ3) is 3.29. The highest BCUT2D eigenvalue weighted by atomic mass is 35.5. The summed E-state index contributed by atoms with van der Waals surface area (Å²) in [4.78, 5) is 17.9. The first-order valence-electron chi connectivity index (χ1n) is 8.84. The molecule has 0 radical (unpaired) electrons. The predicted octanol–water partition coefficient (Wildman–Crippen LogP) is 4.22. The molecular formula is C21H21ClN2O2. The van der Waals surface area contributed by atoms with Gasteiger partial charge in [-0.1, -0.05) is 29.8 Å². The van der Waals surface area contributed by atoms with Crippen LogP contribution in [-0.2, 0) is 17.6 Å². The molecule has 1 unspecified atom stereocenters. The second kappa shape index (κ2) is 7.04. The number of ether oxygens (including phenoxy) is 1. The zero-order valence-corrected chi connectivity index (χ0v) is 15.4. The number of hydrogen-bond donors (Lipinski definition) is 1. The molecule has 0 saturated heterocycles. The maximum atomic E-state index is 12.6. The Labute approximate surface area is 157 Å². The van der Waals surface area contributed by atoms with Gasteiger partial charge in [-0.15, -0.1) is 0 Å². The molecule has 1 amide bonds. The van der Waals surface area contributed by atoms with Crippen molar-refractivity contribution in [3.63, 3.8) is 0 Å². The van der Waals surface area contributed by atoms with E-state index in [4.69, 9.17) is 16.3 Å². The van der Waals surface area contributed by atoms with Crippen molar-refractivity contribution >= 4 is 28.4 Å². The Morgan fingerprint density at radius 3 is 2.81 bits per heavy atom. The topological polar surface area (TPSA) is 45.3 Å². The molecule has 1 aliphatic carbocycles. The zero-order valence-electron chi connectivity index (χ0n) is 14.7. The Morgan fingerprint density at radius 1 is 1.23 bits per heavy atom. The van der Waals surface area contributed by atoms with Crippen LogP contribution in [0.15, 0.2) is 48.5 Å². The van der Waals surface area contributed by atoms with Crippen molar-refractivity contribution in [3.05, 3.63) is 64.8 Å². The number of nitrogens with one attached hydrogen (secondary N) is 1. The average molecular weight is 369 g/mol. The minimum Gasteiger partial charge on any atom is -0.484 e. The van der Waals surface area contributed by atoms with Gasteiger partial charge in [0.15, 0.2) is 6.61 Å². The van der Waals surface area contributed by atoms with Crippen LogP contribution < -0.4 is 4.74 Å². The van der Waals surface area contributed by atoms with E-state index in [-0.39, 0.29) is 18.6 Å². The molecule has 1 heterocycles. The van der Waals surface area contributed by atoms with Gasteiger partial charge in [-0.25, -0.2) is 0 Å². The van der Waals surface area contributed by atoms with E-state index in [0.29, 0.717) is 10.8 Å². The van der Waals surface area contributed by atoms with Gasteiger partial charge in [0.1, 0.15) is 5.75 Å². The van der Waals surface area contributed by atoms with Crippen LogP contribution in [0.2, 0.25) is 5.02 Å². The lowest BCUT2D eigenvalue weighted by Gasteiger charge is -2.31. The number of carbonyl (C=O) groups excluding carboxylic acids is 1. The van der Waals surface area contributed by atoms with Crippen LogP contribution >= 0.6 is 11.6 Å². The fourth-order valence-corrected chi connectivity index (χ4v) is 3.79. The lowest BCUT2D eigenvalue weighted by atomic mass is 9.90. The van der Waals surface area contributed by atoms with E-state index in [1.807, 2.05) is 18.0 Å². The number of likely N-dealkylation sites (N-methyl/N-ethyl adjacent to an activating group) is 1. The van der Waals surface area contributed by atoms with Crippen molar-refractivity contribution in [2.24, 2.45) is 0 Å². The van der Waals surface area contributed by atoms with E-state index < -0.39 is 0 Å². The summed E-state index contributed by atoms with van der Waals surface area (Å²) in [6, 6.07) is 15.6. The maximum absolute atomic E-state index is 12.6. The third-order valence-electron chi connectivity index (χ3n) is 5.19. The van der Waals surface area contributed by atoms with Gasteiger partial charge in [0, 0.05) is 34.7 Å². The van der Waals surface area contributed by atoms with Gasteiger partial charge in [-0.3, -0.25) is 4.79 Å². The van der Waals surface area contributed by atoms with Crippen molar-refractivity contribution in [2.45, 2.75) is 25.3 Å². The van der Waals surface area contributed by atoms with E-state index in [2.05, 4.69) is 23.2 Å². The molecule has 0 fully saturated rings. The van der Waals surface area contributed by atoms with Gasteiger partial charge in [0.2, 0.25) is 0 Å². The number of benzene rings is 2. The summed E-state index contributed by atoms with van der Waals surface area (Å²) in [6.45, 7) is 0.0371. The smallest absolute Gasteiger partial charge is 0.260 e. The minimum atomic E-state index is -0.00626. The molecule has 4 nitrogen and oxygen atoms in total. The third-order valence-corrected chi connectivity index (χ3v) is 5.44. The largest absolute Gasteiger partial charge is 0.484 e. The first kappa shape index (κ1) is 17.0. The highest BCUT2D eigenvalue weighted by Gasteiger charge is 2.27. The molecule has 2 aromatic carbocycles. The number of aromatic amines is 1. The van der Waals surface area contributed by atoms with Crippen molar-refractivity contribution in [1.29, 1.82) is 0 Å². The summed E-state index contributed by atoms with van der Waals surface area (Å²) in [5.74, 6) is 0.645. The number of H-pyrrole nitrogens is 1. The molecule has 0 spiro atoms. The van der Waals surface area contributed by atoms with E-state index in [9.17, 15) is 4.79 Å². The van der Waals surface area contributed by atoms with Crippen molar-refractivity contribution < 1.29 is 9.53 Å². The van der Waals surface area contributed by atoms with E-state index in [1.165, 1.54) is 22.2 Å². The second-order valence-corrected chi connectivity index (χ2v) is 7.21. The van der Waals surface area contributed by atoms with Crippen LogP contribution in [0, 0.1) is 0 Å². The lowest BCUT2D eigenvalue weighted by Crippen LogP contribution is -2.42. The molecule has 1 N–H and O–H groups in total. The van der Waals surface area contributed by atoms with E-state index >= 15 is 0 Å². The highest BCUT2D eigenvalue weighted by Crippen LogP contribution is 2.30. The molecule has 1 aromatic heterocycles. The zero-order chi connectivity index (χ0) is 18.1. The maximum Gasteiger partial charge on any atom is 0.260 e. The Bertz CT molecular complexity index is 933. The Kier molecular flexibility index (Phi) is 4.60. The van der Waals surface area contributed by atoms with Gasteiger partial charge in [0.25, 0.3) is 5.91 Å². The number of para-hydroxylation sites is 1. The lowest BCUT2D eigenvalue weighted by molar-refractivity contribution is -0.134. The average Bonchev–Trinajstić information content (AvgIpc) is 3.04. The molecule has 134 valence electrons. The number of aryl methyl sites for hydroxylation is 1. The van der Waals surface area contributed by atoms with Crippen LogP contribution in [0.1, 0.15) is 17.7 Å². The standard InChI is InChI=1S/C21H21ClN2O2/c1-24(21(25)13-26-16-9-6-14(22)7-10-16)15-8-11-20-18(12-15)17-4-2-3-5-19(17)23-20/h2-7,9-10,15,23H,8,11-13H2,1H3. The van der Waals surface area contributed by atoms with Crippen LogP contribution in [0.5, 0.6) is 5.75 Å². The SMILES string of the molecule is CN(C(=O)COc1ccc(Cl)cc1)C1CCc2[nH]c3ccccc3c2C1. The van der Waals surface area contributed by atoms with Gasteiger partial charge in [0.05, 0.1) is 0 Å². The quantitative estimate of drug-likeness (QED) is 0.749. The van der Waals surface area contributed by atoms with Crippen LogP contribution in [0.25, 0.3) is 10.9 Å². The first-order chi connectivity index (χ1) is 12.6. The summed E-state index contributed by atoms with van der Waals surface area (Å²) in [6.07, 6.45) is 2.80. The van der Waals surface area contributed by atoms with Crippen LogP contribution in [-0.4, -0.2) is 35.5 Å². The monoisotopic (exact) mass is 368 g/mol. The Balaban J connectivity index is 1.42. The molecule has 4 rings (SSSR count). The van der Waals surface area contributed by atoms with Crippen LogP contribution in [0.4, 0.5) is 0 Å². The summed E-state index contributed by atoms with van der Waals surface area (Å²) in [7, 11) is 1.87. The van der Waals surface area contributed by atoms with E-state index in [0.717, 1.165) is 19.3 Å². The summed E-state index contributed by atoms with van der Waals surface area (Å²) in [5, 5.41) is 1.92. The molecule has 0 bridgehead atoms. The number of amides is 1. The van der Waals surface area contributed by atoms with Crippen LogP contribution in [0.3, 0.4) is 0 Å². The number of hydrogen-bond acceptors (Lipinski definition) is 2. The number of fused-ring (bicyclic) bond motifs is 3. The molecule has 0 aliphatic heterocycles. The summed E-state index contributed by atoms with van der Waals surface area (Å²) >= 11 is 5.87. The number of nitrogens with zero attached hydrogens (tertiary/aromatic N) is 1. The molecule has 1 aliphatic rings. The fourth-order valence-electron chi connectivity index (χ4n) is 3.66. The molecule has 0 saturated carbocycles. The number of rotatable bonds is 4. The van der Waals surface area contributed by atoms with Gasteiger partial charge >= 0.3 is 0 Å². The summed E-state index contributed by atoms with van der Waals surface area (Å²) in [5.41, 5.74) is 3.83. The van der Waals surface area contributed by atoms with E-state index in [1.54, 1.807) is 24.3 Å². The molecule has 3 aromatic rings. The van der Waals surface area contributed by atoms with Gasteiger partial charge in [-0.2, -0.15) is 0 Å². The highest BCUT2D eigenvalue weighted by molar-refractivity contribution is 6.30. The number of aromatic nitrogens is 1. The molecule has 5 heteroatoms. The predicted molar refractivity (Wildman–Crippen MR) is 104 cm³/mol.